The van der Waals surface area contributed by atoms with Crippen molar-refractivity contribution < 1.29 is 17.6 Å². The number of halogens is 1. The maximum atomic E-state index is 14.3. The number of carbonyl (C=O) groups excluding carboxylic acids is 1. The predicted molar refractivity (Wildman–Crippen MR) is 117 cm³/mol. The highest BCUT2D eigenvalue weighted by Gasteiger charge is 2.31. The molecule has 4 rings (SSSR count). The first-order valence-electron chi connectivity index (χ1n) is 9.50. The molecule has 1 aliphatic heterocycles. The summed E-state index contributed by atoms with van der Waals surface area (Å²) in [6, 6.07) is 12.5. The molecule has 31 heavy (non-hydrogen) atoms. The van der Waals surface area contributed by atoms with Gasteiger partial charge in [-0.25, -0.2) is 22.9 Å². The van der Waals surface area contributed by atoms with E-state index in [1.807, 2.05) is 0 Å². The number of nitrogens with two attached hydrogens (primary N) is 2. The van der Waals surface area contributed by atoms with Gasteiger partial charge in [-0.2, -0.15) is 0 Å². The molecule has 0 aromatic heterocycles. The fourth-order valence-electron chi connectivity index (χ4n) is 3.58. The molecule has 0 fully saturated rings. The van der Waals surface area contributed by atoms with Crippen LogP contribution in [0.5, 0.6) is 0 Å². The fourth-order valence-corrected chi connectivity index (χ4v) is 4.09. The molecule has 2 aromatic rings. The Kier molecular flexibility index (Phi) is 5.42. The SMILES string of the molecule is NC(=O)c1ccc(C2=CC(F)CC3CN=C(Nc4ccc(S(N)(=O)=O)cc4)N=C23)cc1. The third-order valence-corrected chi connectivity index (χ3v) is 6.06. The number of hydrogen-bond acceptors (Lipinski definition) is 6. The first kappa shape index (κ1) is 20.9. The molecule has 0 radical (unpaired) electrons. The number of hydrogen-bond donors (Lipinski definition) is 3. The third kappa shape index (κ3) is 4.54. The highest BCUT2D eigenvalue weighted by Crippen LogP contribution is 2.33. The van der Waals surface area contributed by atoms with Crippen LogP contribution in [0.2, 0.25) is 0 Å². The molecule has 1 heterocycles. The van der Waals surface area contributed by atoms with E-state index in [0.29, 0.717) is 41.5 Å². The Hall–Kier alpha value is -3.37. The number of primary amides is 1. The molecule has 2 atom stereocenters. The van der Waals surface area contributed by atoms with Crippen LogP contribution in [-0.2, 0) is 10.0 Å². The van der Waals surface area contributed by atoms with Gasteiger partial charge in [0.2, 0.25) is 21.9 Å². The molecule has 0 saturated heterocycles. The second-order valence-corrected chi connectivity index (χ2v) is 8.89. The second-order valence-electron chi connectivity index (χ2n) is 7.33. The van der Waals surface area contributed by atoms with Crippen LogP contribution >= 0.6 is 0 Å². The number of amides is 1. The monoisotopic (exact) mass is 441 g/mol. The highest BCUT2D eigenvalue weighted by atomic mass is 32.2. The maximum absolute atomic E-state index is 14.3. The van der Waals surface area contributed by atoms with Crippen molar-refractivity contribution in [1.29, 1.82) is 0 Å². The third-order valence-electron chi connectivity index (χ3n) is 5.13. The Bertz CT molecular complexity index is 1220. The van der Waals surface area contributed by atoms with Gasteiger partial charge in [0.1, 0.15) is 6.17 Å². The molecule has 2 aromatic carbocycles. The number of allylic oxidation sites excluding steroid dienone is 2. The molecular formula is C21H20FN5O3S. The van der Waals surface area contributed by atoms with Gasteiger partial charge in [0, 0.05) is 22.7 Å². The topological polar surface area (TPSA) is 140 Å². The molecule has 5 N–H and O–H groups in total. The van der Waals surface area contributed by atoms with E-state index in [1.165, 1.54) is 18.2 Å². The lowest BCUT2D eigenvalue weighted by Gasteiger charge is -2.29. The van der Waals surface area contributed by atoms with E-state index >= 15 is 0 Å². The Labute approximate surface area is 178 Å². The van der Waals surface area contributed by atoms with Gasteiger partial charge in [0.25, 0.3) is 0 Å². The molecule has 10 heteroatoms. The van der Waals surface area contributed by atoms with E-state index in [2.05, 4.69) is 15.3 Å². The summed E-state index contributed by atoms with van der Waals surface area (Å²) in [6.45, 7) is 0.369. The van der Waals surface area contributed by atoms with Gasteiger partial charge in [0.15, 0.2) is 0 Å². The van der Waals surface area contributed by atoms with Crippen molar-refractivity contribution in [2.45, 2.75) is 17.5 Å². The van der Waals surface area contributed by atoms with Crippen molar-refractivity contribution in [3.63, 3.8) is 0 Å². The molecule has 0 bridgehead atoms. The molecule has 2 unspecified atom stereocenters. The number of sulfonamides is 1. The summed E-state index contributed by atoms with van der Waals surface area (Å²) in [4.78, 5) is 20.3. The molecule has 1 amide bonds. The molecule has 2 aliphatic rings. The lowest BCUT2D eigenvalue weighted by Crippen LogP contribution is -2.33. The zero-order chi connectivity index (χ0) is 22.2. The predicted octanol–water partition coefficient (Wildman–Crippen LogP) is 2.10. The Morgan fingerprint density at radius 2 is 1.77 bits per heavy atom. The van der Waals surface area contributed by atoms with E-state index in [0.717, 1.165) is 5.56 Å². The summed E-state index contributed by atoms with van der Waals surface area (Å²) in [7, 11) is -3.78. The number of rotatable bonds is 4. The Morgan fingerprint density at radius 3 is 2.39 bits per heavy atom. The lowest BCUT2D eigenvalue weighted by molar-refractivity contribution is 0.1000. The second kappa shape index (κ2) is 8.05. The normalized spacial score (nSPS) is 20.8. The number of anilines is 1. The summed E-state index contributed by atoms with van der Waals surface area (Å²) in [5, 5.41) is 8.16. The van der Waals surface area contributed by atoms with Crippen LogP contribution in [0, 0.1) is 5.92 Å². The number of primary sulfonamides is 1. The zero-order valence-corrected chi connectivity index (χ0v) is 17.1. The van der Waals surface area contributed by atoms with E-state index in [1.54, 1.807) is 36.4 Å². The summed E-state index contributed by atoms with van der Waals surface area (Å²) in [5.74, 6) is -0.361. The van der Waals surface area contributed by atoms with E-state index in [4.69, 9.17) is 10.9 Å². The van der Waals surface area contributed by atoms with E-state index in [9.17, 15) is 17.6 Å². The first-order valence-corrected chi connectivity index (χ1v) is 11.0. The maximum Gasteiger partial charge on any atom is 0.248 e. The lowest BCUT2D eigenvalue weighted by atomic mass is 9.82. The van der Waals surface area contributed by atoms with Crippen LogP contribution in [0.25, 0.3) is 5.57 Å². The largest absolute Gasteiger partial charge is 0.366 e. The average molecular weight is 441 g/mol. The first-order chi connectivity index (χ1) is 14.7. The average Bonchev–Trinajstić information content (AvgIpc) is 2.73. The van der Waals surface area contributed by atoms with Crippen molar-refractivity contribution >= 4 is 38.9 Å². The number of nitrogens with one attached hydrogen (secondary N) is 1. The highest BCUT2D eigenvalue weighted by molar-refractivity contribution is 7.89. The zero-order valence-electron chi connectivity index (χ0n) is 16.3. The number of nitrogens with zero attached hydrogens (tertiary/aromatic N) is 2. The van der Waals surface area contributed by atoms with Crippen LogP contribution in [0.4, 0.5) is 10.1 Å². The van der Waals surface area contributed by atoms with Crippen molar-refractivity contribution in [1.82, 2.24) is 0 Å². The molecule has 0 spiro atoms. The number of benzene rings is 2. The smallest absolute Gasteiger partial charge is 0.248 e. The van der Waals surface area contributed by atoms with Gasteiger partial charge in [0.05, 0.1) is 17.2 Å². The molecule has 1 aliphatic carbocycles. The van der Waals surface area contributed by atoms with Gasteiger partial charge in [-0.05, 0) is 54.5 Å². The quantitative estimate of drug-likeness (QED) is 0.668. The molecular weight excluding hydrogens is 421 g/mol. The van der Waals surface area contributed by atoms with Crippen molar-refractivity contribution in [2.75, 3.05) is 11.9 Å². The van der Waals surface area contributed by atoms with Crippen molar-refractivity contribution in [3.8, 4) is 0 Å². The van der Waals surface area contributed by atoms with Gasteiger partial charge in [-0.15, -0.1) is 0 Å². The van der Waals surface area contributed by atoms with E-state index < -0.39 is 22.1 Å². The molecule has 160 valence electrons. The minimum Gasteiger partial charge on any atom is -0.366 e. The van der Waals surface area contributed by atoms with Crippen LogP contribution in [0.1, 0.15) is 22.3 Å². The molecule has 0 saturated carbocycles. The number of alkyl halides is 1. The van der Waals surface area contributed by atoms with Gasteiger partial charge < -0.3 is 11.1 Å². The number of fused-ring (bicyclic) bond motifs is 1. The molecule has 8 nitrogen and oxygen atoms in total. The number of aliphatic imine (C=N–C) groups is 2. The minimum absolute atomic E-state index is 0.000839. The summed E-state index contributed by atoms with van der Waals surface area (Å²) in [6.07, 6.45) is 0.699. The van der Waals surface area contributed by atoms with Crippen LogP contribution < -0.4 is 16.2 Å². The summed E-state index contributed by atoms with van der Waals surface area (Å²) in [5.41, 5.74) is 8.34. The fraction of sp³-hybridized carbons (Fsp3) is 0.190. The van der Waals surface area contributed by atoms with Crippen LogP contribution in [0.3, 0.4) is 0 Å². The van der Waals surface area contributed by atoms with Gasteiger partial charge >= 0.3 is 0 Å². The summed E-state index contributed by atoms with van der Waals surface area (Å²) >= 11 is 0. The Morgan fingerprint density at radius 1 is 1.10 bits per heavy atom. The standard InChI is InChI=1S/C21H20FN5O3S/c22-15-9-14-11-25-21(26-16-5-7-17(8-6-16)31(24,29)30)27-19(14)18(10-15)12-1-3-13(4-2-12)20(23)28/h1-8,10,14-15H,9,11H2,(H2,23,28)(H,25,26)(H2,24,29,30). The summed E-state index contributed by atoms with van der Waals surface area (Å²) < 4.78 is 37.1. The van der Waals surface area contributed by atoms with Crippen LogP contribution in [0.15, 0.2) is 69.5 Å². The van der Waals surface area contributed by atoms with Gasteiger partial charge in [-0.1, -0.05) is 12.1 Å². The van der Waals surface area contributed by atoms with Gasteiger partial charge in [-0.3, -0.25) is 9.79 Å². The minimum atomic E-state index is -3.78. The Balaban J connectivity index is 1.61. The number of carbonyl (C=O) groups is 1. The number of guanidine groups is 1. The van der Waals surface area contributed by atoms with Crippen molar-refractivity contribution in [2.24, 2.45) is 26.8 Å². The van der Waals surface area contributed by atoms with Crippen LogP contribution in [-0.4, -0.2) is 38.7 Å². The van der Waals surface area contributed by atoms with E-state index in [-0.39, 0.29) is 10.8 Å². The van der Waals surface area contributed by atoms with Crippen molar-refractivity contribution in [3.05, 3.63) is 65.7 Å².